The molecule has 0 spiro atoms. The van der Waals surface area contributed by atoms with Crippen LogP contribution in [0, 0.1) is 12.7 Å². The molecule has 1 aromatic carbocycles. The third-order valence-electron chi connectivity index (χ3n) is 5.01. The summed E-state index contributed by atoms with van der Waals surface area (Å²) in [7, 11) is 1.80. The van der Waals surface area contributed by atoms with Crippen LogP contribution < -0.4 is 5.32 Å². The molecule has 0 unspecified atom stereocenters. The number of nitrogens with zero attached hydrogens (tertiary/aromatic N) is 4. The van der Waals surface area contributed by atoms with E-state index in [9.17, 15) is 14.0 Å². The molecule has 2 aromatic heterocycles. The van der Waals surface area contributed by atoms with Gasteiger partial charge in [0.25, 0.3) is 5.91 Å². The van der Waals surface area contributed by atoms with E-state index in [2.05, 4.69) is 15.4 Å². The maximum Gasteiger partial charge on any atom is 0.253 e. The van der Waals surface area contributed by atoms with Crippen LogP contribution >= 0.6 is 0 Å². The van der Waals surface area contributed by atoms with Gasteiger partial charge in [-0.1, -0.05) is 12.1 Å². The summed E-state index contributed by atoms with van der Waals surface area (Å²) in [4.78, 5) is 31.2. The van der Waals surface area contributed by atoms with Crippen molar-refractivity contribution in [3.05, 3.63) is 59.2 Å². The number of amides is 2. The van der Waals surface area contributed by atoms with Crippen molar-refractivity contribution in [2.45, 2.75) is 25.9 Å². The smallest absolute Gasteiger partial charge is 0.253 e. The maximum absolute atomic E-state index is 13.0. The van der Waals surface area contributed by atoms with Gasteiger partial charge in [0.2, 0.25) is 5.91 Å². The third-order valence-corrected chi connectivity index (χ3v) is 5.01. The van der Waals surface area contributed by atoms with Gasteiger partial charge in [-0.2, -0.15) is 5.10 Å². The summed E-state index contributed by atoms with van der Waals surface area (Å²) >= 11 is 0. The molecule has 0 aliphatic carbocycles. The van der Waals surface area contributed by atoms with Gasteiger partial charge < -0.3 is 10.2 Å². The number of pyridine rings is 1. The predicted octanol–water partition coefficient (Wildman–Crippen LogP) is 1.95. The van der Waals surface area contributed by atoms with Crippen LogP contribution in [-0.4, -0.2) is 44.1 Å². The second-order valence-corrected chi connectivity index (χ2v) is 7.01. The summed E-state index contributed by atoms with van der Waals surface area (Å²) in [5.74, 6) is -0.778. The quantitative estimate of drug-likeness (QED) is 0.749. The van der Waals surface area contributed by atoms with Gasteiger partial charge in [-0.25, -0.2) is 9.37 Å². The Hall–Kier alpha value is -3.29. The minimum absolute atomic E-state index is 0.135. The highest BCUT2D eigenvalue weighted by Crippen LogP contribution is 2.18. The summed E-state index contributed by atoms with van der Waals surface area (Å²) < 4.78 is 14.7. The van der Waals surface area contributed by atoms with E-state index in [4.69, 9.17) is 0 Å². The van der Waals surface area contributed by atoms with Gasteiger partial charge in [0.15, 0.2) is 5.65 Å². The molecular formula is C20H20FN5O2. The average Bonchev–Trinajstić information content (AvgIpc) is 3.16. The van der Waals surface area contributed by atoms with Crippen molar-refractivity contribution in [3.63, 3.8) is 0 Å². The van der Waals surface area contributed by atoms with Gasteiger partial charge in [-0.3, -0.25) is 14.3 Å². The topological polar surface area (TPSA) is 80.1 Å². The van der Waals surface area contributed by atoms with Crippen molar-refractivity contribution >= 4 is 22.8 Å². The van der Waals surface area contributed by atoms with Gasteiger partial charge in [-0.15, -0.1) is 0 Å². The van der Waals surface area contributed by atoms with Crippen molar-refractivity contribution in [1.29, 1.82) is 0 Å². The first-order valence-electron chi connectivity index (χ1n) is 9.06. The summed E-state index contributed by atoms with van der Waals surface area (Å²) in [6, 6.07) is 7.24. The summed E-state index contributed by atoms with van der Waals surface area (Å²) in [5.41, 5.74) is 2.75. The molecule has 0 saturated carbocycles. The summed E-state index contributed by atoms with van der Waals surface area (Å²) in [6.07, 6.45) is 2.03. The summed E-state index contributed by atoms with van der Waals surface area (Å²) in [6.45, 7) is 2.80. The Morgan fingerprint density at radius 2 is 2.07 bits per heavy atom. The van der Waals surface area contributed by atoms with Crippen molar-refractivity contribution in [3.8, 4) is 0 Å². The number of aromatic nitrogens is 3. The number of carbonyl (C=O) groups excluding carboxylic acids is 2. The van der Waals surface area contributed by atoms with Gasteiger partial charge >= 0.3 is 0 Å². The number of hydrogen-bond donors (Lipinski definition) is 1. The van der Waals surface area contributed by atoms with Crippen LogP contribution in [0.2, 0.25) is 0 Å². The molecule has 0 bridgehead atoms. The number of likely N-dealkylation sites (tertiary alicyclic amines) is 1. The molecule has 3 heterocycles. The van der Waals surface area contributed by atoms with E-state index in [1.165, 1.54) is 18.3 Å². The van der Waals surface area contributed by atoms with Crippen molar-refractivity contribution in [1.82, 2.24) is 25.0 Å². The van der Waals surface area contributed by atoms with Crippen molar-refractivity contribution in [2.24, 2.45) is 7.05 Å². The zero-order chi connectivity index (χ0) is 19.8. The van der Waals surface area contributed by atoms with Crippen LogP contribution in [-0.2, 0) is 18.4 Å². The van der Waals surface area contributed by atoms with Crippen molar-refractivity contribution in [2.75, 3.05) is 6.54 Å². The Labute approximate surface area is 161 Å². The minimum atomic E-state index is -0.571. The Morgan fingerprint density at radius 1 is 1.32 bits per heavy atom. The second-order valence-electron chi connectivity index (χ2n) is 7.01. The number of aryl methyl sites for hydroxylation is 2. The molecule has 1 aliphatic rings. The van der Waals surface area contributed by atoms with Crippen LogP contribution in [0.5, 0.6) is 0 Å². The molecule has 0 radical (unpaired) electrons. The largest absolute Gasteiger partial charge is 0.340 e. The fourth-order valence-corrected chi connectivity index (χ4v) is 3.51. The molecule has 1 N–H and O–H groups in total. The number of halogens is 1. The predicted molar refractivity (Wildman–Crippen MR) is 101 cm³/mol. The van der Waals surface area contributed by atoms with E-state index >= 15 is 0 Å². The highest BCUT2D eigenvalue weighted by molar-refractivity contribution is 6.00. The number of hydrogen-bond acceptors (Lipinski definition) is 4. The molecule has 1 aliphatic heterocycles. The zero-order valence-corrected chi connectivity index (χ0v) is 15.6. The first kappa shape index (κ1) is 18.1. The molecule has 144 valence electrons. The highest BCUT2D eigenvalue weighted by Gasteiger charge is 2.33. The van der Waals surface area contributed by atoms with Gasteiger partial charge in [0.05, 0.1) is 11.3 Å². The van der Waals surface area contributed by atoms with Gasteiger partial charge in [0.1, 0.15) is 11.9 Å². The number of carbonyl (C=O) groups is 2. The SMILES string of the molecule is Cc1nn(C)c2ncc(C(=O)N[C@@H]3CCN(Cc4ccc(F)cc4)C3=O)cc12. The fourth-order valence-electron chi connectivity index (χ4n) is 3.51. The molecule has 3 aromatic rings. The number of rotatable bonds is 4. The van der Waals surface area contributed by atoms with E-state index in [1.807, 2.05) is 6.92 Å². The molecule has 4 rings (SSSR count). The Kier molecular flexibility index (Phi) is 4.54. The normalized spacial score (nSPS) is 16.8. The molecule has 28 heavy (non-hydrogen) atoms. The molecule has 1 fully saturated rings. The fraction of sp³-hybridized carbons (Fsp3) is 0.300. The number of fused-ring (bicyclic) bond motifs is 1. The lowest BCUT2D eigenvalue weighted by Crippen LogP contribution is -2.41. The van der Waals surface area contributed by atoms with E-state index in [0.29, 0.717) is 30.7 Å². The first-order valence-corrected chi connectivity index (χ1v) is 9.06. The minimum Gasteiger partial charge on any atom is -0.340 e. The Balaban J connectivity index is 1.44. The van der Waals surface area contributed by atoms with Crippen LogP contribution in [0.3, 0.4) is 0 Å². The van der Waals surface area contributed by atoms with Crippen LogP contribution in [0.15, 0.2) is 36.5 Å². The molecule has 2 amide bonds. The monoisotopic (exact) mass is 381 g/mol. The maximum atomic E-state index is 13.0. The number of benzene rings is 1. The molecule has 7 nitrogen and oxygen atoms in total. The lowest BCUT2D eigenvalue weighted by molar-refractivity contribution is -0.129. The lowest BCUT2D eigenvalue weighted by atomic mass is 10.1. The second kappa shape index (κ2) is 7.03. The molecule has 8 heteroatoms. The van der Waals surface area contributed by atoms with Crippen LogP contribution in [0.25, 0.3) is 11.0 Å². The molecule has 1 saturated heterocycles. The van der Waals surface area contributed by atoms with Crippen LogP contribution in [0.4, 0.5) is 4.39 Å². The van der Waals surface area contributed by atoms with Gasteiger partial charge in [-0.05, 0) is 37.1 Å². The van der Waals surface area contributed by atoms with Crippen LogP contribution in [0.1, 0.15) is 28.0 Å². The van der Waals surface area contributed by atoms with Gasteiger partial charge in [0, 0.05) is 31.7 Å². The Bertz CT molecular complexity index is 1060. The summed E-state index contributed by atoms with van der Waals surface area (Å²) in [5, 5.41) is 7.91. The molecule has 1 atom stereocenters. The first-order chi connectivity index (χ1) is 13.4. The standard InChI is InChI=1S/C20H20FN5O2/c1-12-16-9-14(10-22-18(16)25(2)24-12)19(27)23-17-7-8-26(20(17)28)11-13-3-5-15(21)6-4-13/h3-6,9-10,17H,7-8,11H2,1-2H3,(H,23,27)/t17-/m1/s1. The molecular weight excluding hydrogens is 361 g/mol. The van der Waals surface area contributed by atoms with E-state index in [-0.39, 0.29) is 17.6 Å². The lowest BCUT2D eigenvalue weighted by Gasteiger charge is -2.17. The highest BCUT2D eigenvalue weighted by atomic mass is 19.1. The van der Waals surface area contributed by atoms with E-state index in [0.717, 1.165) is 16.6 Å². The van der Waals surface area contributed by atoms with E-state index < -0.39 is 6.04 Å². The Morgan fingerprint density at radius 3 is 2.82 bits per heavy atom. The zero-order valence-electron chi connectivity index (χ0n) is 15.6. The number of nitrogens with one attached hydrogen (secondary N) is 1. The van der Waals surface area contributed by atoms with E-state index in [1.54, 1.807) is 34.8 Å². The van der Waals surface area contributed by atoms with Crippen molar-refractivity contribution < 1.29 is 14.0 Å². The average molecular weight is 381 g/mol. The third kappa shape index (κ3) is 3.33.